The summed E-state index contributed by atoms with van der Waals surface area (Å²) in [6, 6.07) is 5.08. The van der Waals surface area contributed by atoms with Crippen LogP contribution in [-0.4, -0.2) is 38.1 Å². The fourth-order valence-electron chi connectivity index (χ4n) is 3.89. The van der Waals surface area contributed by atoms with E-state index in [9.17, 15) is 9.90 Å². The lowest BCUT2D eigenvalue weighted by molar-refractivity contribution is -0.0921. The van der Waals surface area contributed by atoms with Crippen LogP contribution < -0.4 is 5.56 Å². The van der Waals surface area contributed by atoms with Gasteiger partial charge < -0.3 is 5.11 Å². The second-order valence-electron chi connectivity index (χ2n) is 7.17. The number of aliphatic hydroxyl groups is 1. The van der Waals surface area contributed by atoms with Crippen molar-refractivity contribution >= 4 is 17.2 Å². The van der Waals surface area contributed by atoms with Gasteiger partial charge in [0.05, 0.1) is 16.3 Å². The molecule has 6 heteroatoms. The minimum Gasteiger partial charge on any atom is -0.390 e. The van der Waals surface area contributed by atoms with Gasteiger partial charge in [-0.05, 0) is 43.7 Å². The summed E-state index contributed by atoms with van der Waals surface area (Å²) in [5.41, 5.74) is 0.809. The molecule has 2 aromatic heterocycles. The molecule has 1 aliphatic carbocycles. The van der Waals surface area contributed by atoms with Gasteiger partial charge in [-0.1, -0.05) is 18.0 Å². The van der Waals surface area contributed by atoms with Gasteiger partial charge in [0.25, 0.3) is 5.56 Å². The van der Waals surface area contributed by atoms with Crippen LogP contribution in [0.1, 0.15) is 37.8 Å². The van der Waals surface area contributed by atoms with Gasteiger partial charge in [0, 0.05) is 31.9 Å². The molecule has 1 saturated carbocycles. The maximum absolute atomic E-state index is 12.2. The predicted molar refractivity (Wildman–Crippen MR) is 93.3 cm³/mol. The van der Waals surface area contributed by atoms with Gasteiger partial charge in [-0.15, -0.1) is 0 Å². The molecule has 3 heterocycles. The number of likely N-dealkylation sites (tertiary alicyclic amines) is 1. The third-order valence-corrected chi connectivity index (χ3v) is 5.87. The fraction of sp³-hybridized carbons (Fsp3) is 0.556. The lowest BCUT2D eigenvalue weighted by Gasteiger charge is -2.46. The quantitative estimate of drug-likeness (QED) is 0.926. The summed E-state index contributed by atoms with van der Waals surface area (Å²) < 4.78 is 1.47. The zero-order chi connectivity index (χ0) is 16.7. The van der Waals surface area contributed by atoms with Crippen molar-refractivity contribution in [3.63, 3.8) is 0 Å². The molecule has 1 aliphatic heterocycles. The topological polar surface area (TPSA) is 57.8 Å². The van der Waals surface area contributed by atoms with Crippen molar-refractivity contribution in [2.45, 2.75) is 44.2 Å². The molecule has 0 atom stereocenters. The maximum atomic E-state index is 12.2. The monoisotopic (exact) mass is 347 g/mol. The Hall–Kier alpha value is -1.43. The van der Waals surface area contributed by atoms with Crippen molar-refractivity contribution < 1.29 is 5.11 Å². The molecule has 128 valence electrons. The first-order valence-corrected chi connectivity index (χ1v) is 9.04. The van der Waals surface area contributed by atoms with E-state index in [0.29, 0.717) is 23.1 Å². The zero-order valence-electron chi connectivity index (χ0n) is 13.6. The molecular formula is C18H22ClN3O2. The lowest BCUT2D eigenvalue weighted by Crippen LogP contribution is -2.50. The van der Waals surface area contributed by atoms with Gasteiger partial charge in [0.2, 0.25) is 0 Å². The van der Waals surface area contributed by atoms with Crippen LogP contribution in [0.25, 0.3) is 5.65 Å². The highest BCUT2D eigenvalue weighted by Crippen LogP contribution is 2.41. The van der Waals surface area contributed by atoms with Gasteiger partial charge in [-0.25, -0.2) is 4.98 Å². The number of piperidine rings is 1. The van der Waals surface area contributed by atoms with E-state index in [0.717, 1.165) is 31.6 Å². The van der Waals surface area contributed by atoms with E-state index in [2.05, 4.69) is 9.88 Å². The Bertz CT molecular complexity index is 808. The molecule has 2 aliphatic rings. The number of rotatable bonds is 3. The number of halogens is 1. The summed E-state index contributed by atoms with van der Waals surface area (Å²) in [5, 5.41) is 11.3. The number of aromatic nitrogens is 2. The summed E-state index contributed by atoms with van der Waals surface area (Å²) in [6.07, 6.45) is 6.82. The third-order valence-electron chi connectivity index (χ3n) is 5.65. The molecule has 1 N–H and O–H groups in total. The Kier molecular flexibility index (Phi) is 4.11. The SMILES string of the molecule is O=c1cc(CN2CCC(O)(C3CCC3)CC2)nc2ccc(Cl)cn12. The molecule has 0 bridgehead atoms. The van der Waals surface area contributed by atoms with Gasteiger partial charge in [0.1, 0.15) is 5.65 Å². The van der Waals surface area contributed by atoms with Crippen LogP contribution in [0.5, 0.6) is 0 Å². The highest BCUT2D eigenvalue weighted by atomic mass is 35.5. The fourth-order valence-corrected chi connectivity index (χ4v) is 4.05. The summed E-state index contributed by atoms with van der Waals surface area (Å²) in [7, 11) is 0. The minimum absolute atomic E-state index is 0.111. The van der Waals surface area contributed by atoms with E-state index in [1.165, 1.54) is 23.7 Å². The summed E-state index contributed by atoms with van der Waals surface area (Å²) in [5.74, 6) is 0.493. The van der Waals surface area contributed by atoms with E-state index in [4.69, 9.17) is 11.6 Å². The average molecular weight is 348 g/mol. The second-order valence-corrected chi connectivity index (χ2v) is 7.61. The molecule has 24 heavy (non-hydrogen) atoms. The smallest absolute Gasteiger partial charge is 0.258 e. The normalized spacial score (nSPS) is 21.8. The molecule has 2 aromatic rings. The Labute approximate surface area is 145 Å². The molecular weight excluding hydrogens is 326 g/mol. The molecule has 2 fully saturated rings. The zero-order valence-corrected chi connectivity index (χ0v) is 14.4. The first-order valence-electron chi connectivity index (χ1n) is 8.66. The van der Waals surface area contributed by atoms with Crippen LogP contribution in [-0.2, 0) is 6.54 Å². The molecule has 5 nitrogen and oxygen atoms in total. The van der Waals surface area contributed by atoms with E-state index < -0.39 is 5.60 Å². The van der Waals surface area contributed by atoms with Crippen molar-refractivity contribution in [3.8, 4) is 0 Å². The van der Waals surface area contributed by atoms with Crippen molar-refractivity contribution in [1.82, 2.24) is 14.3 Å². The lowest BCUT2D eigenvalue weighted by atomic mass is 9.69. The number of nitrogens with zero attached hydrogens (tertiary/aromatic N) is 3. The first-order chi connectivity index (χ1) is 11.5. The summed E-state index contributed by atoms with van der Waals surface area (Å²) in [6.45, 7) is 2.36. The number of fused-ring (bicyclic) bond motifs is 1. The van der Waals surface area contributed by atoms with Crippen LogP contribution in [0.2, 0.25) is 5.02 Å². The molecule has 0 amide bonds. The average Bonchev–Trinajstić information content (AvgIpc) is 2.49. The van der Waals surface area contributed by atoms with Gasteiger partial charge >= 0.3 is 0 Å². The number of hydrogen-bond donors (Lipinski definition) is 1. The van der Waals surface area contributed by atoms with E-state index >= 15 is 0 Å². The Morgan fingerprint density at radius 3 is 2.71 bits per heavy atom. The Morgan fingerprint density at radius 1 is 1.29 bits per heavy atom. The Morgan fingerprint density at radius 2 is 2.04 bits per heavy atom. The molecule has 0 aromatic carbocycles. The van der Waals surface area contributed by atoms with Crippen LogP contribution in [0, 0.1) is 5.92 Å². The maximum Gasteiger partial charge on any atom is 0.258 e. The van der Waals surface area contributed by atoms with Crippen molar-refractivity contribution in [2.75, 3.05) is 13.1 Å². The van der Waals surface area contributed by atoms with Crippen LogP contribution in [0.3, 0.4) is 0 Å². The first kappa shape index (κ1) is 16.1. The highest BCUT2D eigenvalue weighted by molar-refractivity contribution is 6.30. The van der Waals surface area contributed by atoms with E-state index in [-0.39, 0.29) is 5.56 Å². The third kappa shape index (κ3) is 2.96. The predicted octanol–water partition coefficient (Wildman–Crippen LogP) is 2.47. The van der Waals surface area contributed by atoms with E-state index in [1.807, 2.05) is 0 Å². The molecule has 4 rings (SSSR count). The molecule has 0 spiro atoms. The number of pyridine rings is 1. The molecule has 0 unspecified atom stereocenters. The molecule has 0 radical (unpaired) electrons. The summed E-state index contributed by atoms with van der Waals surface area (Å²) in [4.78, 5) is 19.1. The minimum atomic E-state index is -0.470. The summed E-state index contributed by atoms with van der Waals surface area (Å²) >= 11 is 5.94. The Balaban J connectivity index is 1.47. The van der Waals surface area contributed by atoms with Gasteiger partial charge in [-0.3, -0.25) is 14.1 Å². The van der Waals surface area contributed by atoms with E-state index in [1.54, 1.807) is 24.4 Å². The van der Waals surface area contributed by atoms with Crippen LogP contribution >= 0.6 is 11.6 Å². The van der Waals surface area contributed by atoms with Crippen LogP contribution in [0.15, 0.2) is 29.2 Å². The van der Waals surface area contributed by atoms with Gasteiger partial charge in [-0.2, -0.15) is 0 Å². The van der Waals surface area contributed by atoms with Crippen molar-refractivity contribution in [2.24, 2.45) is 5.92 Å². The van der Waals surface area contributed by atoms with Crippen molar-refractivity contribution in [3.05, 3.63) is 45.5 Å². The largest absolute Gasteiger partial charge is 0.390 e. The van der Waals surface area contributed by atoms with Gasteiger partial charge in [0.15, 0.2) is 0 Å². The standard InChI is InChI=1S/C18H22ClN3O2/c19-14-4-5-16-20-15(10-17(23)22(16)11-14)12-21-8-6-18(24,7-9-21)13-2-1-3-13/h4-5,10-11,13,24H,1-3,6-9,12H2. The molecule has 1 saturated heterocycles. The van der Waals surface area contributed by atoms with Crippen molar-refractivity contribution in [1.29, 1.82) is 0 Å². The van der Waals surface area contributed by atoms with Crippen LogP contribution in [0.4, 0.5) is 0 Å². The highest BCUT2D eigenvalue weighted by Gasteiger charge is 2.42. The second kappa shape index (κ2) is 6.14. The number of hydrogen-bond acceptors (Lipinski definition) is 4.